The maximum Gasteiger partial charge on any atom is 0.306 e. The summed E-state index contributed by atoms with van der Waals surface area (Å²) < 4.78 is 22.5. The zero-order valence-corrected chi connectivity index (χ0v) is 31.6. The quantitative estimate of drug-likeness (QED) is 0.0323. The molecule has 1 aliphatic rings. The summed E-state index contributed by atoms with van der Waals surface area (Å²) in [4.78, 5) is 12.4. The lowest BCUT2D eigenvalue weighted by molar-refractivity contribution is -0.305. The lowest BCUT2D eigenvalue weighted by Gasteiger charge is -2.39. The summed E-state index contributed by atoms with van der Waals surface area (Å²) in [5.41, 5.74) is 0. The second kappa shape index (κ2) is 33.5. The van der Waals surface area contributed by atoms with E-state index in [9.17, 15) is 25.2 Å². The van der Waals surface area contributed by atoms with Gasteiger partial charge in [0.25, 0.3) is 0 Å². The molecular weight excluding hydrogens is 648 g/mol. The summed E-state index contributed by atoms with van der Waals surface area (Å²) in [5.74, 6) is -0.344. The van der Waals surface area contributed by atoms with Crippen LogP contribution in [0.15, 0.2) is 72.9 Å². The van der Waals surface area contributed by atoms with E-state index in [4.69, 9.17) is 18.9 Å². The lowest BCUT2D eigenvalue weighted by atomic mass is 9.99. The number of aliphatic hydroxyl groups excluding tert-OH is 4. The molecule has 1 heterocycles. The molecule has 0 aromatic rings. The first kappa shape index (κ1) is 46.7. The first-order chi connectivity index (χ1) is 24.9. The first-order valence-corrected chi connectivity index (χ1v) is 19.5. The van der Waals surface area contributed by atoms with Gasteiger partial charge in [0, 0.05) is 13.0 Å². The van der Waals surface area contributed by atoms with Crippen LogP contribution in [-0.4, -0.2) is 89.6 Å². The van der Waals surface area contributed by atoms with Gasteiger partial charge in [0.1, 0.15) is 30.5 Å². The number of esters is 1. The van der Waals surface area contributed by atoms with E-state index in [-0.39, 0.29) is 19.2 Å². The van der Waals surface area contributed by atoms with Crippen LogP contribution in [0.5, 0.6) is 0 Å². The molecule has 0 bridgehead atoms. The lowest BCUT2D eigenvalue weighted by Crippen LogP contribution is -2.59. The fourth-order valence-corrected chi connectivity index (χ4v) is 5.32. The number of hydrogen-bond acceptors (Lipinski definition) is 9. The monoisotopic (exact) mass is 719 g/mol. The second-order valence-electron chi connectivity index (χ2n) is 13.0. The molecule has 6 unspecified atom stereocenters. The van der Waals surface area contributed by atoms with E-state index < -0.39 is 43.4 Å². The number of aliphatic hydroxyl groups is 4. The smallest absolute Gasteiger partial charge is 0.306 e. The van der Waals surface area contributed by atoms with Crippen LogP contribution in [0.1, 0.15) is 123 Å². The molecule has 0 spiro atoms. The van der Waals surface area contributed by atoms with Gasteiger partial charge < -0.3 is 39.4 Å². The van der Waals surface area contributed by atoms with Gasteiger partial charge in [-0.2, -0.15) is 0 Å². The molecular formula is C42H70O9. The number of ether oxygens (including phenoxy) is 4. The van der Waals surface area contributed by atoms with Crippen molar-refractivity contribution >= 4 is 5.97 Å². The number of carbonyl (C=O) groups excluding carboxylic acids is 1. The molecule has 4 N–H and O–H groups in total. The number of carbonyl (C=O) groups is 1. The predicted molar refractivity (Wildman–Crippen MR) is 205 cm³/mol. The molecule has 0 amide bonds. The van der Waals surface area contributed by atoms with Crippen LogP contribution in [0.3, 0.4) is 0 Å². The summed E-state index contributed by atoms with van der Waals surface area (Å²) in [6, 6.07) is 0. The van der Waals surface area contributed by atoms with Gasteiger partial charge in [0.15, 0.2) is 6.29 Å². The van der Waals surface area contributed by atoms with Gasteiger partial charge in [-0.3, -0.25) is 4.79 Å². The minimum Gasteiger partial charge on any atom is -0.457 e. The van der Waals surface area contributed by atoms with Gasteiger partial charge in [-0.1, -0.05) is 125 Å². The molecule has 51 heavy (non-hydrogen) atoms. The van der Waals surface area contributed by atoms with Crippen LogP contribution in [-0.2, 0) is 23.7 Å². The first-order valence-electron chi connectivity index (χ1n) is 19.5. The summed E-state index contributed by atoms with van der Waals surface area (Å²) in [6.07, 6.45) is 35.6. The molecule has 9 heteroatoms. The molecule has 6 atom stereocenters. The van der Waals surface area contributed by atoms with Crippen molar-refractivity contribution in [3.8, 4) is 0 Å². The molecule has 0 aromatic heterocycles. The Labute approximate surface area is 308 Å². The minimum absolute atomic E-state index is 0.126. The van der Waals surface area contributed by atoms with E-state index in [1.807, 2.05) is 0 Å². The maximum absolute atomic E-state index is 12.4. The van der Waals surface area contributed by atoms with Gasteiger partial charge in [0.2, 0.25) is 0 Å². The van der Waals surface area contributed by atoms with Crippen LogP contribution in [0, 0.1) is 0 Å². The number of allylic oxidation sites excluding steroid dienone is 12. The topological polar surface area (TPSA) is 135 Å². The third kappa shape index (κ3) is 25.3. The number of hydrogen-bond donors (Lipinski definition) is 4. The Bertz CT molecular complexity index is 1000. The standard InChI is InChI=1S/C42H70O9/c1-3-5-7-9-10-11-12-13-14-15-16-17-18-19-20-21-22-23-24-25-26-27-28-30-32-48-34-36(50-38(44)31-29-8-6-4-2)35-49-42-41(47)40(46)39(45)37(33-43)51-42/h5,7,10-11,13-14,16-17,19-20,22-23,36-37,39-43,45-47H,3-4,6,8-9,12,15,18,21,24-35H2,1-2H3/b7-5-,11-10-,14-13-,17-16-,20-19-,23-22-. The highest BCUT2D eigenvalue weighted by Gasteiger charge is 2.44. The highest BCUT2D eigenvalue weighted by atomic mass is 16.7. The van der Waals surface area contributed by atoms with E-state index in [0.717, 1.165) is 103 Å². The Morgan fingerprint density at radius 3 is 1.78 bits per heavy atom. The summed E-state index contributed by atoms with van der Waals surface area (Å²) >= 11 is 0. The zero-order chi connectivity index (χ0) is 37.2. The minimum atomic E-state index is -1.54. The van der Waals surface area contributed by atoms with Crippen molar-refractivity contribution in [2.45, 2.75) is 160 Å². The molecule has 9 nitrogen and oxygen atoms in total. The van der Waals surface area contributed by atoms with E-state index >= 15 is 0 Å². The third-order valence-electron chi connectivity index (χ3n) is 8.39. The third-order valence-corrected chi connectivity index (χ3v) is 8.39. The van der Waals surface area contributed by atoms with Gasteiger partial charge in [-0.05, 0) is 64.2 Å². The van der Waals surface area contributed by atoms with Crippen molar-refractivity contribution in [2.24, 2.45) is 0 Å². The van der Waals surface area contributed by atoms with Gasteiger partial charge in [-0.25, -0.2) is 0 Å². The average molecular weight is 719 g/mol. The van der Waals surface area contributed by atoms with Gasteiger partial charge in [-0.15, -0.1) is 0 Å². The molecule has 1 rings (SSSR count). The summed E-state index contributed by atoms with van der Waals surface area (Å²) in [5, 5.41) is 39.7. The molecule has 292 valence electrons. The van der Waals surface area contributed by atoms with Gasteiger partial charge >= 0.3 is 5.97 Å². The number of unbranched alkanes of at least 4 members (excludes halogenated alkanes) is 8. The van der Waals surface area contributed by atoms with Crippen LogP contribution in [0.4, 0.5) is 0 Å². The van der Waals surface area contributed by atoms with Crippen LogP contribution >= 0.6 is 0 Å². The van der Waals surface area contributed by atoms with Crippen molar-refractivity contribution < 1.29 is 44.2 Å². The molecule has 0 radical (unpaired) electrons. The Balaban J connectivity index is 2.18. The SMILES string of the molecule is CC/C=C\C/C=C\C/C=C\C/C=C\C/C=C\C/C=C\CCCCCCCOCC(COC1OC(CO)C(O)C(O)C1O)OC(=O)CCCCCC. The molecule has 1 aliphatic heterocycles. The fraction of sp³-hybridized carbons (Fsp3) is 0.690. The molecule has 0 saturated carbocycles. The highest BCUT2D eigenvalue weighted by Crippen LogP contribution is 2.22. The summed E-state index contributed by atoms with van der Waals surface area (Å²) in [6.45, 7) is 4.23. The van der Waals surface area contributed by atoms with Crippen LogP contribution < -0.4 is 0 Å². The van der Waals surface area contributed by atoms with E-state index in [1.54, 1.807) is 0 Å². The van der Waals surface area contributed by atoms with Crippen molar-refractivity contribution in [3.05, 3.63) is 72.9 Å². The Kier molecular flexibility index (Phi) is 30.6. The Morgan fingerprint density at radius 1 is 0.647 bits per heavy atom. The molecule has 0 aromatic carbocycles. The molecule has 1 saturated heterocycles. The van der Waals surface area contributed by atoms with Gasteiger partial charge in [0.05, 0.1) is 19.8 Å². The number of rotatable bonds is 31. The summed E-state index contributed by atoms with van der Waals surface area (Å²) in [7, 11) is 0. The maximum atomic E-state index is 12.4. The average Bonchev–Trinajstić information content (AvgIpc) is 3.13. The zero-order valence-electron chi connectivity index (χ0n) is 31.6. The van der Waals surface area contributed by atoms with Crippen molar-refractivity contribution in [1.29, 1.82) is 0 Å². The fourth-order valence-electron chi connectivity index (χ4n) is 5.32. The largest absolute Gasteiger partial charge is 0.457 e. The van der Waals surface area contributed by atoms with Crippen LogP contribution in [0.25, 0.3) is 0 Å². The Morgan fingerprint density at radius 2 is 1.20 bits per heavy atom. The van der Waals surface area contributed by atoms with E-state index in [0.29, 0.717) is 13.0 Å². The van der Waals surface area contributed by atoms with Crippen molar-refractivity contribution in [3.63, 3.8) is 0 Å². The van der Waals surface area contributed by atoms with Crippen molar-refractivity contribution in [1.82, 2.24) is 0 Å². The van der Waals surface area contributed by atoms with E-state index in [2.05, 4.69) is 86.8 Å². The van der Waals surface area contributed by atoms with Crippen molar-refractivity contribution in [2.75, 3.05) is 26.4 Å². The van der Waals surface area contributed by atoms with Crippen LogP contribution in [0.2, 0.25) is 0 Å². The highest BCUT2D eigenvalue weighted by molar-refractivity contribution is 5.69. The van der Waals surface area contributed by atoms with E-state index in [1.165, 1.54) is 0 Å². The predicted octanol–water partition coefficient (Wildman–Crippen LogP) is 7.74. The molecule has 0 aliphatic carbocycles. The molecule has 1 fully saturated rings. The normalized spacial score (nSPS) is 22.2. The second-order valence-corrected chi connectivity index (χ2v) is 13.0. The Hall–Kier alpha value is -2.37.